The van der Waals surface area contributed by atoms with Gasteiger partial charge < -0.3 is 9.24 Å². The molecule has 6 heavy (non-hydrogen) atoms. The Kier molecular flexibility index (Phi) is 10.1. The Balaban J connectivity index is 0. The Bertz CT molecular complexity index is 21.5. The third-order valence-corrected chi connectivity index (χ3v) is 1.22. The number of rotatable bonds is 1. The van der Waals surface area contributed by atoms with Gasteiger partial charge in [-0.05, 0) is 0 Å². The average Bonchev–Trinajstić information content (AvgIpc) is 1.38. The molecule has 32 valence electrons. The summed E-state index contributed by atoms with van der Waals surface area (Å²) in [4.78, 5) is 0. The third kappa shape index (κ3) is 8.90. The standard InChI is InChI=1S/C4H10P.Li/c1-4(2)3-5;/h4-5H,3H2,1-2H3;/q-1;+1. The summed E-state index contributed by atoms with van der Waals surface area (Å²) < 4.78 is 0. The minimum Gasteiger partial charge on any atom is -0.558 e. The number of hydrogen-bond donors (Lipinski definition) is 0. The van der Waals surface area contributed by atoms with E-state index in [4.69, 9.17) is 0 Å². The third-order valence-electron chi connectivity index (χ3n) is 0.408. The van der Waals surface area contributed by atoms with E-state index in [-0.39, 0.29) is 18.9 Å². The van der Waals surface area contributed by atoms with Crippen LogP contribution in [0.5, 0.6) is 0 Å². The van der Waals surface area contributed by atoms with E-state index in [1.165, 1.54) is 0 Å². The van der Waals surface area contributed by atoms with E-state index >= 15 is 0 Å². The zero-order valence-corrected chi connectivity index (χ0v) is 5.78. The van der Waals surface area contributed by atoms with E-state index in [2.05, 4.69) is 23.1 Å². The van der Waals surface area contributed by atoms with Gasteiger partial charge in [0.15, 0.2) is 0 Å². The summed E-state index contributed by atoms with van der Waals surface area (Å²) in [5.74, 6) is 0.798. The van der Waals surface area contributed by atoms with Crippen LogP contribution in [0, 0.1) is 5.92 Å². The maximum atomic E-state index is 3.35. The molecule has 0 spiro atoms. The van der Waals surface area contributed by atoms with Gasteiger partial charge in [0.05, 0.1) is 0 Å². The molecule has 0 radical (unpaired) electrons. The van der Waals surface area contributed by atoms with Gasteiger partial charge in [0, 0.05) is 0 Å². The van der Waals surface area contributed by atoms with Crippen molar-refractivity contribution in [3.05, 3.63) is 0 Å². The Hall–Kier alpha value is 1.03. The quantitative estimate of drug-likeness (QED) is 0.284. The van der Waals surface area contributed by atoms with Crippen molar-refractivity contribution in [1.29, 1.82) is 0 Å². The van der Waals surface area contributed by atoms with E-state index in [0.717, 1.165) is 12.1 Å². The van der Waals surface area contributed by atoms with Gasteiger partial charge in [-0.2, -0.15) is 6.16 Å². The van der Waals surface area contributed by atoms with Crippen LogP contribution in [0.2, 0.25) is 0 Å². The molecule has 0 rings (SSSR count). The molecule has 0 fully saturated rings. The van der Waals surface area contributed by atoms with Crippen molar-refractivity contribution >= 4 is 9.24 Å². The molecule has 0 aromatic carbocycles. The van der Waals surface area contributed by atoms with Crippen LogP contribution in [-0.2, 0) is 0 Å². The fourth-order valence-corrected chi connectivity index (χ4v) is 0. The Morgan fingerprint density at radius 3 is 1.67 bits per heavy atom. The normalized spacial score (nSPS) is 8.00. The molecular formula is C4H10LiP. The van der Waals surface area contributed by atoms with Gasteiger partial charge in [-0.15, -0.1) is 0 Å². The molecule has 0 aromatic heterocycles. The molecule has 0 bridgehead atoms. The molecule has 2 heteroatoms. The van der Waals surface area contributed by atoms with Gasteiger partial charge in [-0.3, -0.25) is 0 Å². The van der Waals surface area contributed by atoms with Gasteiger partial charge in [0.1, 0.15) is 0 Å². The zero-order chi connectivity index (χ0) is 4.28. The van der Waals surface area contributed by atoms with Crippen molar-refractivity contribution in [2.24, 2.45) is 5.92 Å². The molecule has 0 amide bonds. The topological polar surface area (TPSA) is 0 Å². The fourth-order valence-electron chi connectivity index (χ4n) is 0. The molecule has 0 atom stereocenters. The molecule has 0 unspecified atom stereocenters. The molecule has 0 aliphatic heterocycles. The summed E-state index contributed by atoms with van der Waals surface area (Å²) >= 11 is 0. The molecular weight excluding hydrogens is 86.0 g/mol. The maximum absolute atomic E-state index is 3.35. The van der Waals surface area contributed by atoms with Crippen LogP contribution < -0.4 is 18.9 Å². The van der Waals surface area contributed by atoms with E-state index in [0.29, 0.717) is 0 Å². The molecule has 0 aromatic rings. The molecule has 0 aliphatic rings. The molecule has 0 aliphatic carbocycles. The Morgan fingerprint density at radius 2 is 1.67 bits per heavy atom. The van der Waals surface area contributed by atoms with Crippen molar-refractivity contribution in [3.63, 3.8) is 0 Å². The van der Waals surface area contributed by atoms with Crippen molar-refractivity contribution in [3.8, 4) is 0 Å². The van der Waals surface area contributed by atoms with Crippen molar-refractivity contribution in [2.75, 3.05) is 6.16 Å². The van der Waals surface area contributed by atoms with Crippen LogP contribution in [0.1, 0.15) is 13.8 Å². The first-order chi connectivity index (χ1) is 2.27. The second kappa shape index (κ2) is 6.03. The average molecular weight is 96.0 g/mol. The summed E-state index contributed by atoms with van der Waals surface area (Å²) in [7, 11) is 3.35. The maximum Gasteiger partial charge on any atom is 1.00 e. The molecule has 0 heterocycles. The summed E-state index contributed by atoms with van der Waals surface area (Å²) in [5.41, 5.74) is 0. The number of hydrogen-bond acceptors (Lipinski definition) is 0. The van der Waals surface area contributed by atoms with Crippen molar-refractivity contribution < 1.29 is 18.9 Å². The summed E-state index contributed by atoms with van der Waals surface area (Å²) in [5, 5.41) is 0. The SMILES string of the molecule is CC(C)C[PH-].[Li+]. The largest absolute Gasteiger partial charge is 1.00 e. The first-order valence-corrected chi connectivity index (χ1v) is 2.62. The van der Waals surface area contributed by atoms with E-state index in [1.807, 2.05) is 0 Å². The first-order valence-electron chi connectivity index (χ1n) is 1.92. The van der Waals surface area contributed by atoms with Gasteiger partial charge in [-0.1, -0.05) is 19.8 Å². The second-order valence-corrected chi connectivity index (χ2v) is 2.01. The molecule has 0 saturated carbocycles. The minimum atomic E-state index is 0. The van der Waals surface area contributed by atoms with Crippen LogP contribution in [0.25, 0.3) is 0 Å². The predicted octanol–water partition coefficient (Wildman–Crippen LogP) is -1.21. The van der Waals surface area contributed by atoms with Crippen LogP contribution >= 0.6 is 9.24 Å². The van der Waals surface area contributed by atoms with Gasteiger partial charge >= 0.3 is 18.9 Å². The van der Waals surface area contributed by atoms with Gasteiger partial charge in [0.25, 0.3) is 0 Å². The minimum absolute atomic E-state index is 0. The first kappa shape index (κ1) is 10.1. The van der Waals surface area contributed by atoms with Crippen molar-refractivity contribution in [1.82, 2.24) is 0 Å². The Morgan fingerprint density at radius 1 is 1.50 bits per heavy atom. The van der Waals surface area contributed by atoms with Crippen molar-refractivity contribution in [2.45, 2.75) is 13.8 Å². The van der Waals surface area contributed by atoms with Crippen LogP contribution in [0.4, 0.5) is 0 Å². The monoisotopic (exact) mass is 96.1 g/mol. The summed E-state index contributed by atoms with van der Waals surface area (Å²) in [6.45, 7) is 4.35. The van der Waals surface area contributed by atoms with E-state index in [1.54, 1.807) is 0 Å². The summed E-state index contributed by atoms with van der Waals surface area (Å²) in [6, 6.07) is 0. The van der Waals surface area contributed by atoms with Crippen LogP contribution in [0.3, 0.4) is 0 Å². The zero-order valence-electron chi connectivity index (χ0n) is 4.78. The van der Waals surface area contributed by atoms with Crippen LogP contribution in [0.15, 0.2) is 0 Å². The summed E-state index contributed by atoms with van der Waals surface area (Å²) in [6.07, 6.45) is 1.11. The molecule has 0 nitrogen and oxygen atoms in total. The van der Waals surface area contributed by atoms with Gasteiger partial charge in [-0.25, -0.2) is 0 Å². The predicted molar refractivity (Wildman–Crippen MR) is 28.0 cm³/mol. The van der Waals surface area contributed by atoms with Gasteiger partial charge in [0.2, 0.25) is 0 Å². The molecule has 0 saturated heterocycles. The van der Waals surface area contributed by atoms with Crippen LogP contribution in [-0.4, -0.2) is 6.16 Å². The molecule has 0 N–H and O–H groups in total. The van der Waals surface area contributed by atoms with E-state index in [9.17, 15) is 0 Å². The second-order valence-electron chi connectivity index (χ2n) is 1.60. The Labute approximate surface area is 54.5 Å². The smallest absolute Gasteiger partial charge is 0.558 e. The van der Waals surface area contributed by atoms with E-state index < -0.39 is 0 Å². The fraction of sp³-hybridized carbons (Fsp3) is 1.00.